The van der Waals surface area contributed by atoms with Gasteiger partial charge in [-0.2, -0.15) is 0 Å². The number of amides is 1. The predicted octanol–water partition coefficient (Wildman–Crippen LogP) is 12.7. The van der Waals surface area contributed by atoms with E-state index in [1.165, 1.54) is 63.8 Å². The van der Waals surface area contributed by atoms with Crippen molar-refractivity contribution in [1.29, 1.82) is 0 Å². The minimum atomic E-state index is -0.252. The van der Waals surface area contributed by atoms with Crippen LogP contribution in [-0.4, -0.2) is 62.1 Å². The Balaban J connectivity index is -0.000000362. The summed E-state index contributed by atoms with van der Waals surface area (Å²) in [5, 5.41) is 7.33. The molecule has 0 spiro atoms. The maximum absolute atomic E-state index is 13.4. The molecule has 61 heavy (non-hydrogen) atoms. The maximum atomic E-state index is 13.4. The molecule has 7 N–H and O–H groups in total. The summed E-state index contributed by atoms with van der Waals surface area (Å²) < 4.78 is 26.7. The van der Waals surface area contributed by atoms with Gasteiger partial charge in [0, 0.05) is 60.4 Å². The van der Waals surface area contributed by atoms with Gasteiger partial charge in [0.05, 0.1) is 0 Å². The number of likely N-dealkylation sites (N-methyl/N-ethyl adjacent to an activating group) is 1. The van der Waals surface area contributed by atoms with Gasteiger partial charge in [-0.3, -0.25) is 4.79 Å². The Kier molecular flexibility index (Phi) is 42.8. The van der Waals surface area contributed by atoms with E-state index < -0.39 is 0 Å². The molecular weight excluding hydrogens is 763 g/mol. The van der Waals surface area contributed by atoms with Gasteiger partial charge < -0.3 is 32.0 Å². The number of aryl methyl sites for hydroxylation is 2. The molecule has 2 aromatic carbocycles. The summed E-state index contributed by atoms with van der Waals surface area (Å²) in [4.78, 5) is 16.7. The summed E-state index contributed by atoms with van der Waals surface area (Å²) in [5.74, 6) is -0.245. The van der Waals surface area contributed by atoms with Gasteiger partial charge in [0.25, 0.3) is 0 Å². The number of hydrogen-bond donors (Lipinski definition) is 5. The molecule has 4 rings (SSSR count). The van der Waals surface area contributed by atoms with Crippen molar-refractivity contribution < 1.29 is 13.6 Å². The van der Waals surface area contributed by atoms with Crippen LogP contribution in [0.5, 0.6) is 0 Å². The van der Waals surface area contributed by atoms with Gasteiger partial charge >= 0.3 is 0 Å². The fraction of sp³-hybridized carbons (Fsp3) is 0.558. The Labute approximate surface area is 373 Å². The summed E-state index contributed by atoms with van der Waals surface area (Å²) in [6, 6.07) is 10.2. The second-order valence-corrected chi connectivity index (χ2v) is 14.6. The average molecular weight is 853 g/mol. The molecular formula is C52H90F2N6O. The Morgan fingerprint density at radius 1 is 0.918 bits per heavy atom. The number of allylic oxidation sites excluding steroid dienone is 3. The molecule has 1 aliphatic heterocycles. The number of halogens is 2. The van der Waals surface area contributed by atoms with E-state index in [-0.39, 0.29) is 23.5 Å². The predicted molar refractivity (Wildman–Crippen MR) is 269 cm³/mol. The van der Waals surface area contributed by atoms with Crippen molar-refractivity contribution in [3.63, 3.8) is 0 Å². The van der Waals surface area contributed by atoms with E-state index in [9.17, 15) is 13.6 Å². The number of rotatable bonds is 14. The van der Waals surface area contributed by atoms with Gasteiger partial charge in [0.15, 0.2) is 0 Å². The van der Waals surface area contributed by atoms with Crippen LogP contribution in [-0.2, 0) is 4.79 Å². The van der Waals surface area contributed by atoms with Gasteiger partial charge in [-0.15, -0.1) is 19.4 Å². The summed E-state index contributed by atoms with van der Waals surface area (Å²) >= 11 is 0. The fourth-order valence-corrected chi connectivity index (χ4v) is 6.04. The van der Waals surface area contributed by atoms with Crippen LogP contribution in [0.3, 0.4) is 0 Å². The molecule has 1 saturated heterocycles. The molecule has 7 nitrogen and oxygen atoms in total. The molecule has 0 radical (unpaired) electrons. The van der Waals surface area contributed by atoms with Gasteiger partial charge in [0.2, 0.25) is 5.91 Å². The Morgan fingerprint density at radius 2 is 1.41 bits per heavy atom. The maximum Gasteiger partial charge on any atom is 0.226 e. The molecule has 3 aromatic rings. The molecule has 0 saturated carbocycles. The minimum Gasteiger partial charge on any atom is -0.385 e. The molecule has 1 fully saturated rings. The number of terminal acetylenes is 1. The monoisotopic (exact) mass is 853 g/mol. The lowest BCUT2D eigenvalue weighted by molar-refractivity contribution is -0.133. The Morgan fingerprint density at radius 3 is 1.85 bits per heavy atom. The number of aromatic nitrogens is 1. The molecule has 2 heterocycles. The third kappa shape index (κ3) is 27.4. The number of hydrogen-bond acceptors (Lipinski definition) is 5. The lowest BCUT2D eigenvalue weighted by Crippen LogP contribution is -2.35. The van der Waals surface area contributed by atoms with Crippen LogP contribution >= 0.6 is 0 Å². The van der Waals surface area contributed by atoms with E-state index in [0.29, 0.717) is 12.6 Å². The zero-order valence-corrected chi connectivity index (χ0v) is 41.2. The van der Waals surface area contributed by atoms with Crippen molar-refractivity contribution in [2.24, 2.45) is 17.4 Å². The summed E-state index contributed by atoms with van der Waals surface area (Å²) in [5.41, 5.74) is 17.9. The lowest BCUT2D eigenvalue weighted by atomic mass is 9.95. The number of nitrogens with two attached hydrogens (primary N) is 2. The van der Waals surface area contributed by atoms with Crippen LogP contribution in [0.15, 0.2) is 61.3 Å². The number of benzene rings is 2. The number of carbonyl (C=O) groups is 1. The largest absolute Gasteiger partial charge is 0.385 e. The molecule has 0 bridgehead atoms. The van der Waals surface area contributed by atoms with E-state index in [1.54, 1.807) is 24.3 Å². The minimum absolute atomic E-state index is 0.00750. The van der Waals surface area contributed by atoms with E-state index in [4.69, 9.17) is 5.73 Å². The highest BCUT2D eigenvalue weighted by atomic mass is 19.1. The van der Waals surface area contributed by atoms with Crippen molar-refractivity contribution in [2.75, 3.05) is 40.3 Å². The zero-order chi connectivity index (χ0) is 47.9. The highest BCUT2D eigenvalue weighted by Gasteiger charge is 2.21. The average Bonchev–Trinajstić information content (AvgIpc) is 3.93. The van der Waals surface area contributed by atoms with Crippen LogP contribution in [0, 0.1) is 44.2 Å². The van der Waals surface area contributed by atoms with Crippen molar-refractivity contribution in [3.8, 4) is 12.8 Å². The Bertz CT molecular complexity index is 1610. The number of nitrogens with zero attached hydrogens (tertiary/aromatic N) is 1. The molecule has 0 aliphatic carbocycles. The van der Waals surface area contributed by atoms with Crippen molar-refractivity contribution >= 4 is 28.0 Å². The number of nitrogens with one attached hydrogen (secondary N) is 3. The second-order valence-electron chi connectivity index (χ2n) is 14.6. The summed E-state index contributed by atoms with van der Waals surface area (Å²) in [7, 11) is 3.42. The molecule has 9 heteroatoms. The molecule has 2 atom stereocenters. The highest BCUT2D eigenvalue weighted by Crippen LogP contribution is 2.32. The number of fused-ring (bicyclic) bond motifs is 1. The first-order valence-corrected chi connectivity index (χ1v) is 22.4. The van der Waals surface area contributed by atoms with Crippen LogP contribution in [0.2, 0.25) is 0 Å². The first-order valence-electron chi connectivity index (χ1n) is 22.4. The van der Waals surface area contributed by atoms with Crippen molar-refractivity contribution in [1.82, 2.24) is 20.5 Å². The van der Waals surface area contributed by atoms with Crippen LogP contribution in [0.1, 0.15) is 149 Å². The highest BCUT2D eigenvalue weighted by molar-refractivity contribution is 5.95. The van der Waals surface area contributed by atoms with Crippen molar-refractivity contribution in [2.45, 2.75) is 147 Å². The van der Waals surface area contributed by atoms with E-state index in [2.05, 4.69) is 75.1 Å². The van der Waals surface area contributed by atoms with E-state index in [0.717, 1.165) is 89.0 Å². The van der Waals surface area contributed by atoms with Crippen LogP contribution < -0.4 is 22.1 Å². The first kappa shape index (κ1) is 63.4. The molecule has 348 valence electrons. The quantitative estimate of drug-likeness (QED) is 0.0630. The number of unbranched alkanes of at least 4 members (excludes halogenated alkanes) is 5. The van der Waals surface area contributed by atoms with Crippen LogP contribution in [0.25, 0.3) is 22.0 Å². The normalized spacial score (nSPS) is 12.2. The number of carbonyl (C=O) groups excluding carboxylic acids is 1. The van der Waals surface area contributed by atoms with E-state index >= 15 is 0 Å². The topological polar surface area (TPSA) is 112 Å². The van der Waals surface area contributed by atoms with Gasteiger partial charge in [-0.1, -0.05) is 98.8 Å². The van der Waals surface area contributed by atoms with Gasteiger partial charge in [-0.05, 0) is 133 Å². The fourth-order valence-electron chi connectivity index (χ4n) is 6.04. The molecule has 2 unspecified atom stereocenters. The lowest BCUT2D eigenvalue weighted by Gasteiger charge is -2.18. The summed E-state index contributed by atoms with van der Waals surface area (Å²) in [6.45, 7) is 35.0. The van der Waals surface area contributed by atoms with Gasteiger partial charge in [-0.25, -0.2) is 8.78 Å². The summed E-state index contributed by atoms with van der Waals surface area (Å²) in [6.07, 6.45) is 21.7. The molecule has 1 amide bonds. The van der Waals surface area contributed by atoms with Gasteiger partial charge in [0.1, 0.15) is 11.6 Å². The number of H-pyrrole nitrogens is 1. The third-order valence-electron chi connectivity index (χ3n) is 9.65. The number of likely N-dealkylation sites (tertiary alicyclic amines) is 1. The first-order chi connectivity index (χ1) is 29.2. The molecule has 1 aliphatic rings. The number of aromatic amines is 1. The van der Waals surface area contributed by atoms with Crippen LogP contribution in [0.4, 0.5) is 8.78 Å². The van der Waals surface area contributed by atoms with E-state index in [1.807, 2.05) is 67.3 Å². The smallest absolute Gasteiger partial charge is 0.226 e. The molecule has 1 aromatic heterocycles. The second kappa shape index (κ2) is 41.1. The SMILES string of the molecule is C#C.C/C(=C(/C)c1[nH]c2cc(F)ccc2c1C)c1ccc(F)cc1C.C=C(CNC)NC(C)CC.C=CC.CC.CC(CN)C(=O)N1CCCC1.CCCCCCCC.CN. The standard InChI is InChI=1S/C20H19F2N.C8H16N2O.C8H18N2.C8H18.C3H6.C2H6.C2H2.CH5N/c1-11-9-15(21)5-7-17(11)12(2)13(3)20-14(4)18-8-6-16(22)10-19(18)23-20;1-7(6-9)8(11)10-4-2-3-5-10;1-5-7(2)10-8(3)6-9-4;1-3-5-7-8-6-4-2;1-3-2;3*1-2/h5-10,23H,1-4H3;7H,2-6,9H2,1H3;7,9-10H,3,5-6H2,1-2,4H3;3-8H2,1-2H3;3H,1H2,2H3;1-2H3;1-2H;2H2,1H3/b13-12+;;;;;;;. The Hall–Kier alpha value is -4.23. The third-order valence-corrected chi connectivity index (χ3v) is 9.65. The zero-order valence-electron chi connectivity index (χ0n) is 41.2. The van der Waals surface area contributed by atoms with Crippen molar-refractivity contribution in [3.05, 3.63) is 95.3 Å².